The zero-order valence-corrected chi connectivity index (χ0v) is 13.1. The number of aromatic carboxylic acids is 1. The van der Waals surface area contributed by atoms with Crippen molar-refractivity contribution in [2.75, 3.05) is 13.1 Å². The van der Waals surface area contributed by atoms with Crippen LogP contribution in [0.5, 0.6) is 0 Å². The van der Waals surface area contributed by atoms with E-state index in [0.29, 0.717) is 36.1 Å². The van der Waals surface area contributed by atoms with Crippen LogP contribution in [0.4, 0.5) is 0 Å². The second-order valence-electron chi connectivity index (χ2n) is 6.25. The normalized spacial score (nSPS) is 22.2. The van der Waals surface area contributed by atoms with Crippen molar-refractivity contribution in [1.82, 2.24) is 4.90 Å². The van der Waals surface area contributed by atoms with Gasteiger partial charge in [0.15, 0.2) is 0 Å². The third-order valence-electron chi connectivity index (χ3n) is 4.67. The molecule has 2 atom stereocenters. The van der Waals surface area contributed by atoms with Gasteiger partial charge in [-0.2, -0.15) is 0 Å². The van der Waals surface area contributed by atoms with Crippen LogP contribution in [-0.4, -0.2) is 35.0 Å². The van der Waals surface area contributed by atoms with Crippen molar-refractivity contribution < 1.29 is 14.7 Å². The minimum atomic E-state index is -1.03. The average Bonchev–Trinajstić information content (AvgIpc) is 2.43. The van der Waals surface area contributed by atoms with Crippen LogP contribution >= 0.6 is 0 Å². The Balaban J connectivity index is 2.40. The Morgan fingerprint density at radius 1 is 1.10 bits per heavy atom. The van der Waals surface area contributed by atoms with E-state index in [1.807, 2.05) is 6.07 Å². The molecule has 1 N–H and O–H groups in total. The lowest BCUT2D eigenvalue weighted by Crippen LogP contribution is -2.43. The van der Waals surface area contributed by atoms with Crippen molar-refractivity contribution in [3.63, 3.8) is 0 Å². The number of hydrogen-bond donors (Lipinski definition) is 1. The number of carboxylic acids is 1. The number of piperidine rings is 1. The summed E-state index contributed by atoms with van der Waals surface area (Å²) in [6, 6.07) is 3.58. The van der Waals surface area contributed by atoms with E-state index in [9.17, 15) is 14.7 Å². The predicted octanol–water partition coefficient (Wildman–Crippen LogP) is 3.12. The third kappa shape index (κ3) is 2.94. The molecule has 1 aliphatic heterocycles. The van der Waals surface area contributed by atoms with Crippen molar-refractivity contribution in [1.29, 1.82) is 0 Å². The number of carbonyl (C=O) groups excluding carboxylic acids is 1. The van der Waals surface area contributed by atoms with Gasteiger partial charge in [-0.05, 0) is 43.2 Å². The van der Waals surface area contributed by atoms with Crippen LogP contribution in [0.25, 0.3) is 0 Å². The summed E-state index contributed by atoms with van der Waals surface area (Å²) in [5, 5.41) is 9.44. The van der Waals surface area contributed by atoms with Gasteiger partial charge in [0.05, 0.1) is 11.1 Å². The number of likely N-dealkylation sites (tertiary alicyclic amines) is 1. The van der Waals surface area contributed by atoms with Gasteiger partial charge in [0, 0.05) is 13.1 Å². The number of benzene rings is 1. The highest BCUT2D eigenvalue weighted by Gasteiger charge is 2.30. The van der Waals surface area contributed by atoms with Gasteiger partial charge in [-0.1, -0.05) is 26.0 Å². The summed E-state index contributed by atoms with van der Waals surface area (Å²) in [4.78, 5) is 26.1. The lowest BCUT2D eigenvalue weighted by molar-refractivity contribution is 0.0606. The molecule has 1 aromatic carbocycles. The third-order valence-corrected chi connectivity index (χ3v) is 4.67. The largest absolute Gasteiger partial charge is 0.478 e. The van der Waals surface area contributed by atoms with E-state index < -0.39 is 5.97 Å². The monoisotopic (exact) mass is 289 g/mol. The summed E-state index contributed by atoms with van der Waals surface area (Å²) < 4.78 is 0. The number of hydrogen-bond acceptors (Lipinski definition) is 2. The summed E-state index contributed by atoms with van der Waals surface area (Å²) >= 11 is 0. The highest BCUT2D eigenvalue weighted by Crippen LogP contribution is 2.26. The maximum Gasteiger partial charge on any atom is 0.336 e. The number of aryl methyl sites for hydroxylation is 2. The van der Waals surface area contributed by atoms with Crippen LogP contribution in [0, 0.1) is 25.7 Å². The van der Waals surface area contributed by atoms with Crippen LogP contribution in [0.2, 0.25) is 0 Å². The van der Waals surface area contributed by atoms with Crippen molar-refractivity contribution in [3.05, 3.63) is 34.4 Å². The van der Waals surface area contributed by atoms with Gasteiger partial charge in [0.1, 0.15) is 0 Å². The van der Waals surface area contributed by atoms with Crippen LogP contribution in [0.15, 0.2) is 12.1 Å². The number of nitrogens with zero attached hydrogens (tertiary/aromatic N) is 1. The van der Waals surface area contributed by atoms with Gasteiger partial charge in [-0.3, -0.25) is 4.79 Å². The average molecular weight is 289 g/mol. The number of carbonyl (C=O) groups is 2. The van der Waals surface area contributed by atoms with Crippen LogP contribution in [0.3, 0.4) is 0 Å². The molecule has 2 unspecified atom stereocenters. The lowest BCUT2D eigenvalue weighted by Gasteiger charge is -2.35. The molecule has 0 aromatic heterocycles. The van der Waals surface area contributed by atoms with Crippen molar-refractivity contribution >= 4 is 11.9 Å². The number of rotatable bonds is 2. The number of amides is 1. The molecule has 2 rings (SSSR count). The Morgan fingerprint density at radius 3 is 2.19 bits per heavy atom. The first-order valence-electron chi connectivity index (χ1n) is 7.45. The van der Waals surface area contributed by atoms with E-state index >= 15 is 0 Å². The predicted molar refractivity (Wildman–Crippen MR) is 81.7 cm³/mol. The quantitative estimate of drug-likeness (QED) is 0.910. The van der Waals surface area contributed by atoms with Gasteiger partial charge in [-0.25, -0.2) is 4.79 Å². The number of carboxylic acid groups (broad SMARTS) is 1. The van der Waals surface area contributed by atoms with Crippen molar-refractivity contribution in [2.45, 2.75) is 34.1 Å². The Morgan fingerprint density at radius 2 is 1.67 bits per heavy atom. The molecule has 21 heavy (non-hydrogen) atoms. The molecule has 4 nitrogen and oxygen atoms in total. The second-order valence-corrected chi connectivity index (χ2v) is 6.25. The van der Waals surface area contributed by atoms with Gasteiger partial charge in [0.25, 0.3) is 5.91 Å². The first-order chi connectivity index (χ1) is 9.82. The van der Waals surface area contributed by atoms with Gasteiger partial charge < -0.3 is 10.0 Å². The van der Waals surface area contributed by atoms with Gasteiger partial charge >= 0.3 is 5.97 Å². The fourth-order valence-corrected chi connectivity index (χ4v) is 2.97. The van der Waals surface area contributed by atoms with Crippen LogP contribution in [0.1, 0.15) is 52.1 Å². The Hall–Kier alpha value is -1.84. The summed E-state index contributed by atoms with van der Waals surface area (Å²) in [5.41, 5.74) is 1.86. The first-order valence-corrected chi connectivity index (χ1v) is 7.45. The molecule has 1 amide bonds. The molecule has 1 heterocycles. The van der Waals surface area contributed by atoms with E-state index in [4.69, 9.17) is 0 Å². The summed E-state index contributed by atoms with van der Waals surface area (Å²) in [6.45, 7) is 9.29. The Kier molecular flexibility index (Phi) is 4.35. The summed E-state index contributed by atoms with van der Waals surface area (Å²) in [6.07, 6.45) is 0.972. The highest BCUT2D eigenvalue weighted by molar-refractivity contribution is 6.06. The standard InChI is InChI=1S/C17H23NO3/c1-10-7-8-18(9-13(10)4)16(19)14-11(2)5-6-12(3)15(14)17(20)21/h5-6,10,13H,7-9H2,1-4H3,(H,20,21). The molecule has 1 aliphatic rings. The molecule has 0 radical (unpaired) electrons. The molecular formula is C17H23NO3. The molecule has 1 saturated heterocycles. The van der Waals surface area contributed by atoms with Gasteiger partial charge in [0.2, 0.25) is 0 Å². The molecule has 1 aromatic rings. The molecular weight excluding hydrogens is 266 g/mol. The molecule has 1 fully saturated rings. The summed E-state index contributed by atoms with van der Waals surface area (Å²) in [7, 11) is 0. The molecule has 4 heteroatoms. The highest BCUT2D eigenvalue weighted by atomic mass is 16.4. The smallest absolute Gasteiger partial charge is 0.336 e. The van der Waals surface area contributed by atoms with Crippen LogP contribution in [-0.2, 0) is 0 Å². The van der Waals surface area contributed by atoms with Crippen molar-refractivity contribution in [2.24, 2.45) is 11.8 Å². The minimum absolute atomic E-state index is 0.145. The maximum atomic E-state index is 12.8. The van der Waals surface area contributed by atoms with Crippen molar-refractivity contribution in [3.8, 4) is 0 Å². The maximum absolute atomic E-state index is 12.8. The van der Waals surface area contributed by atoms with E-state index in [0.717, 1.165) is 12.0 Å². The molecule has 0 saturated carbocycles. The molecule has 0 aliphatic carbocycles. The Labute approximate surface area is 125 Å². The van der Waals surface area contributed by atoms with Crippen LogP contribution < -0.4 is 0 Å². The molecule has 114 valence electrons. The van der Waals surface area contributed by atoms with E-state index in [1.165, 1.54) is 0 Å². The first kappa shape index (κ1) is 15.5. The zero-order chi connectivity index (χ0) is 15.7. The SMILES string of the molecule is Cc1ccc(C)c(C(=O)N2CCC(C)C(C)C2)c1C(=O)O. The fourth-order valence-electron chi connectivity index (χ4n) is 2.97. The van der Waals surface area contributed by atoms with E-state index in [-0.39, 0.29) is 11.5 Å². The van der Waals surface area contributed by atoms with E-state index in [1.54, 1.807) is 24.8 Å². The summed E-state index contributed by atoms with van der Waals surface area (Å²) in [5.74, 6) is -0.127. The van der Waals surface area contributed by atoms with Gasteiger partial charge in [-0.15, -0.1) is 0 Å². The fraction of sp³-hybridized carbons (Fsp3) is 0.529. The second kappa shape index (κ2) is 5.88. The zero-order valence-electron chi connectivity index (χ0n) is 13.1. The van der Waals surface area contributed by atoms with E-state index in [2.05, 4.69) is 13.8 Å². The molecule has 0 spiro atoms. The minimum Gasteiger partial charge on any atom is -0.478 e. The Bertz CT molecular complexity index is 580. The topological polar surface area (TPSA) is 57.6 Å². The molecule has 0 bridgehead atoms. The lowest BCUT2D eigenvalue weighted by atomic mass is 9.87.